The number of fused-ring (bicyclic) bond motifs is 2. The number of hydrogen-bond acceptors (Lipinski definition) is 6. The quantitative estimate of drug-likeness (QED) is 0.146. The van der Waals surface area contributed by atoms with Crippen molar-refractivity contribution in [3.63, 3.8) is 0 Å². The van der Waals surface area contributed by atoms with Gasteiger partial charge in [0.15, 0.2) is 11.2 Å². The van der Waals surface area contributed by atoms with Crippen molar-refractivity contribution >= 4 is 56.3 Å². The molecule has 8 aromatic carbocycles. The van der Waals surface area contributed by atoms with E-state index in [2.05, 4.69) is 194 Å². The van der Waals surface area contributed by atoms with Gasteiger partial charge in [-0.3, -0.25) is 0 Å². The summed E-state index contributed by atoms with van der Waals surface area (Å²) in [6.07, 6.45) is 0. The third-order valence-corrected chi connectivity index (χ3v) is 10.4. The maximum absolute atomic E-state index is 6.27. The molecule has 58 heavy (non-hydrogen) atoms. The lowest BCUT2D eigenvalue weighted by molar-refractivity contribution is 0.619. The van der Waals surface area contributed by atoms with Crippen LogP contribution in [0.1, 0.15) is 11.1 Å². The minimum absolute atomic E-state index is 0.584. The van der Waals surface area contributed by atoms with E-state index in [1.54, 1.807) is 0 Å². The first-order chi connectivity index (χ1) is 28.5. The molecule has 0 radical (unpaired) electrons. The number of benzene rings is 8. The number of rotatable bonds is 9. The maximum Gasteiger partial charge on any atom is 0.227 e. The van der Waals surface area contributed by atoms with Crippen molar-refractivity contribution in [1.29, 1.82) is 0 Å². The van der Waals surface area contributed by atoms with Crippen LogP contribution < -0.4 is 9.80 Å². The Morgan fingerprint density at radius 3 is 1.09 bits per heavy atom. The lowest BCUT2D eigenvalue weighted by atomic mass is 10.0. The highest BCUT2D eigenvalue weighted by molar-refractivity contribution is 5.87. The Labute approximate surface area is 336 Å². The van der Waals surface area contributed by atoms with Gasteiger partial charge in [0, 0.05) is 45.3 Å². The summed E-state index contributed by atoms with van der Waals surface area (Å²) in [5.74, 6) is 1.17. The summed E-state index contributed by atoms with van der Waals surface area (Å²) in [5, 5.41) is 0. The average Bonchev–Trinajstić information content (AvgIpc) is 3.90. The molecule has 0 aliphatic heterocycles. The molecule has 0 spiro atoms. The van der Waals surface area contributed by atoms with Gasteiger partial charge < -0.3 is 18.6 Å². The second-order valence-corrected chi connectivity index (χ2v) is 14.5. The lowest BCUT2D eigenvalue weighted by Gasteiger charge is -2.25. The maximum atomic E-state index is 6.27. The molecule has 0 atom stereocenters. The Morgan fingerprint density at radius 1 is 0.328 bits per heavy atom. The van der Waals surface area contributed by atoms with Gasteiger partial charge in [0.05, 0.1) is 0 Å². The van der Waals surface area contributed by atoms with Crippen LogP contribution in [0, 0.1) is 13.8 Å². The van der Waals surface area contributed by atoms with Crippen LogP contribution in [0.25, 0.3) is 56.2 Å². The van der Waals surface area contributed by atoms with Crippen LogP contribution in [0.2, 0.25) is 0 Å². The van der Waals surface area contributed by atoms with Crippen LogP contribution >= 0.6 is 0 Å². The highest BCUT2D eigenvalue weighted by Gasteiger charge is 2.18. The van der Waals surface area contributed by atoms with Crippen molar-refractivity contribution in [2.24, 2.45) is 0 Å². The molecule has 2 heterocycles. The normalized spacial score (nSPS) is 11.3. The van der Waals surface area contributed by atoms with E-state index < -0.39 is 0 Å². The zero-order valence-corrected chi connectivity index (χ0v) is 32.1. The predicted molar refractivity (Wildman–Crippen MR) is 237 cm³/mol. The minimum Gasteiger partial charge on any atom is -0.436 e. The van der Waals surface area contributed by atoms with Gasteiger partial charge in [-0.15, -0.1) is 0 Å². The van der Waals surface area contributed by atoms with Crippen LogP contribution in [0.4, 0.5) is 34.1 Å². The summed E-state index contributed by atoms with van der Waals surface area (Å²) in [5.41, 5.74) is 15.8. The molecule has 0 saturated heterocycles. The van der Waals surface area contributed by atoms with Gasteiger partial charge in [0.1, 0.15) is 11.0 Å². The topological polar surface area (TPSA) is 58.5 Å². The van der Waals surface area contributed by atoms with Gasteiger partial charge >= 0.3 is 0 Å². The first-order valence-corrected chi connectivity index (χ1v) is 19.4. The molecular formula is C52H38N4O2. The first-order valence-electron chi connectivity index (χ1n) is 19.4. The fourth-order valence-electron chi connectivity index (χ4n) is 7.55. The lowest BCUT2D eigenvalue weighted by Crippen LogP contribution is -2.09. The van der Waals surface area contributed by atoms with E-state index in [4.69, 9.17) is 18.8 Å². The van der Waals surface area contributed by atoms with Crippen molar-refractivity contribution in [2.45, 2.75) is 13.8 Å². The van der Waals surface area contributed by atoms with Gasteiger partial charge in [-0.2, -0.15) is 0 Å². The van der Waals surface area contributed by atoms with Gasteiger partial charge in [-0.25, -0.2) is 9.97 Å². The average molecular weight is 751 g/mol. The number of para-hydroxylation sites is 2. The largest absolute Gasteiger partial charge is 0.436 e. The molecule has 0 unspecified atom stereocenters. The van der Waals surface area contributed by atoms with Gasteiger partial charge in [-0.1, -0.05) is 84.9 Å². The zero-order valence-electron chi connectivity index (χ0n) is 32.1. The molecule has 0 fully saturated rings. The molecule has 0 aliphatic rings. The van der Waals surface area contributed by atoms with Crippen molar-refractivity contribution in [3.05, 3.63) is 205 Å². The molecule has 10 aromatic rings. The van der Waals surface area contributed by atoms with E-state index in [-0.39, 0.29) is 0 Å². The van der Waals surface area contributed by atoms with Crippen molar-refractivity contribution < 1.29 is 8.83 Å². The zero-order chi connectivity index (χ0) is 39.0. The number of oxazole rings is 2. The van der Waals surface area contributed by atoms with Crippen LogP contribution in [-0.4, -0.2) is 9.97 Å². The SMILES string of the molecule is Cc1cccc(N(c2ccccc2)c2ccc3oc(-c4ccc(-c5ccc(-c6nc7cc(N(c8ccccc8)c8cccc(C)c8)ccc7o6)cc5)cc4)nc3c2)c1. The van der Waals surface area contributed by atoms with Gasteiger partial charge in [-0.05, 0) is 145 Å². The molecule has 0 N–H and O–H groups in total. The van der Waals surface area contributed by atoms with Crippen LogP contribution in [0.15, 0.2) is 203 Å². The van der Waals surface area contributed by atoms with Crippen molar-refractivity contribution in [2.75, 3.05) is 9.80 Å². The Kier molecular flexibility index (Phi) is 8.84. The molecule has 0 amide bonds. The van der Waals surface area contributed by atoms with Crippen LogP contribution in [0.5, 0.6) is 0 Å². The highest BCUT2D eigenvalue weighted by atomic mass is 16.4. The van der Waals surface area contributed by atoms with E-state index in [9.17, 15) is 0 Å². The first kappa shape index (κ1) is 34.8. The number of nitrogens with zero attached hydrogens (tertiary/aromatic N) is 4. The molecule has 6 nitrogen and oxygen atoms in total. The molecule has 0 saturated carbocycles. The van der Waals surface area contributed by atoms with E-state index >= 15 is 0 Å². The summed E-state index contributed by atoms with van der Waals surface area (Å²) < 4.78 is 12.5. The van der Waals surface area contributed by atoms with E-state index in [0.717, 1.165) is 78.6 Å². The number of anilines is 6. The van der Waals surface area contributed by atoms with E-state index in [1.165, 1.54) is 11.1 Å². The van der Waals surface area contributed by atoms with E-state index in [0.29, 0.717) is 11.8 Å². The van der Waals surface area contributed by atoms with Crippen LogP contribution in [0.3, 0.4) is 0 Å². The summed E-state index contributed by atoms with van der Waals surface area (Å²) in [4.78, 5) is 14.4. The molecule has 0 aliphatic carbocycles. The van der Waals surface area contributed by atoms with Gasteiger partial charge in [0.2, 0.25) is 11.8 Å². The molecule has 6 heteroatoms. The predicted octanol–water partition coefficient (Wildman–Crippen LogP) is 14.5. The third kappa shape index (κ3) is 6.77. The standard InChI is InChI=1S/C52H38N4O2/c1-35-11-9-17-43(31-35)55(41-13-5-3-6-14-41)45-27-29-49-47(33-45)53-51(57-49)39-23-19-37(20-24-39)38-21-25-40(26-22-38)52-54-48-34-46(28-30-50(48)58-52)56(42-15-7-4-8-16-42)44-18-10-12-36(2)32-44/h3-34H,1-2H3. The summed E-state index contributed by atoms with van der Waals surface area (Å²) in [7, 11) is 0. The second-order valence-electron chi connectivity index (χ2n) is 14.5. The fourth-order valence-corrected chi connectivity index (χ4v) is 7.55. The Hall–Kier alpha value is -7.70. The summed E-state index contributed by atoms with van der Waals surface area (Å²) >= 11 is 0. The van der Waals surface area contributed by atoms with Crippen LogP contribution in [-0.2, 0) is 0 Å². The molecule has 2 aromatic heterocycles. The monoisotopic (exact) mass is 750 g/mol. The fraction of sp³-hybridized carbons (Fsp3) is 0.0385. The molecular weight excluding hydrogens is 713 g/mol. The smallest absolute Gasteiger partial charge is 0.227 e. The van der Waals surface area contributed by atoms with Crippen molar-refractivity contribution in [1.82, 2.24) is 9.97 Å². The molecule has 278 valence electrons. The third-order valence-electron chi connectivity index (χ3n) is 10.4. The molecule has 0 bridgehead atoms. The van der Waals surface area contributed by atoms with E-state index in [1.807, 2.05) is 24.3 Å². The number of hydrogen-bond donors (Lipinski definition) is 0. The second kappa shape index (κ2) is 14.8. The Bertz CT molecular complexity index is 2820. The minimum atomic E-state index is 0.584. The molecule has 10 rings (SSSR count). The number of aromatic nitrogens is 2. The van der Waals surface area contributed by atoms with Crippen molar-refractivity contribution in [3.8, 4) is 34.0 Å². The Balaban J connectivity index is 0.891. The highest BCUT2D eigenvalue weighted by Crippen LogP contribution is 2.39. The van der Waals surface area contributed by atoms with Gasteiger partial charge in [0.25, 0.3) is 0 Å². The summed E-state index contributed by atoms with van der Waals surface area (Å²) in [6, 6.07) is 66.9. The Morgan fingerprint density at radius 2 is 0.690 bits per heavy atom. The number of aryl methyl sites for hydroxylation is 2. The summed E-state index contributed by atoms with van der Waals surface area (Å²) in [6.45, 7) is 4.23.